The van der Waals surface area contributed by atoms with Crippen molar-refractivity contribution < 1.29 is 0 Å². The molecule has 0 radical (unpaired) electrons. The molecule has 0 bridgehead atoms. The van der Waals surface area contributed by atoms with Crippen molar-refractivity contribution in [2.45, 2.75) is 38.9 Å². The SMILES string of the molecule is CCC(N)C(c1ccc(Cl)s1)N(C)Cc1scnc1C. The van der Waals surface area contributed by atoms with Crippen molar-refractivity contribution >= 4 is 34.3 Å². The van der Waals surface area contributed by atoms with Gasteiger partial charge >= 0.3 is 0 Å². The lowest BCUT2D eigenvalue weighted by Gasteiger charge is -2.31. The van der Waals surface area contributed by atoms with Gasteiger partial charge in [-0.3, -0.25) is 4.90 Å². The van der Waals surface area contributed by atoms with Crippen LogP contribution in [0.4, 0.5) is 0 Å². The Labute approximate surface area is 133 Å². The largest absolute Gasteiger partial charge is 0.326 e. The van der Waals surface area contributed by atoms with Gasteiger partial charge < -0.3 is 5.73 Å². The summed E-state index contributed by atoms with van der Waals surface area (Å²) in [6, 6.07) is 4.33. The summed E-state index contributed by atoms with van der Waals surface area (Å²) < 4.78 is 0.815. The molecule has 2 unspecified atom stereocenters. The average molecular weight is 330 g/mol. The second-order valence-corrected chi connectivity index (χ2v) is 7.62. The van der Waals surface area contributed by atoms with Crippen LogP contribution in [0.3, 0.4) is 0 Å². The smallest absolute Gasteiger partial charge is 0.0931 e. The van der Waals surface area contributed by atoms with Gasteiger partial charge in [-0.05, 0) is 32.5 Å². The second kappa shape index (κ2) is 7.00. The molecule has 2 N–H and O–H groups in total. The van der Waals surface area contributed by atoms with E-state index in [9.17, 15) is 0 Å². The van der Waals surface area contributed by atoms with Crippen LogP contribution in [-0.4, -0.2) is 23.0 Å². The van der Waals surface area contributed by atoms with Gasteiger partial charge in [-0.2, -0.15) is 0 Å². The van der Waals surface area contributed by atoms with Crippen molar-refractivity contribution in [1.82, 2.24) is 9.88 Å². The van der Waals surface area contributed by atoms with Crippen molar-refractivity contribution in [2.24, 2.45) is 5.73 Å². The van der Waals surface area contributed by atoms with Gasteiger partial charge in [0, 0.05) is 22.3 Å². The van der Waals surface area contributed by atoms with E-state index in [0.717, 1.165) is 23.0 Å². The van der Waals surface area contributed by atoms with Gasteiger partial charge in [0.1, 0.15) is 0 Å². The molecule has 3 nitrogen and oxygen atoms in total. The maximum Gasteiger partial charge on any atom is 0.0931 e. The van der Waals surface area contributed by atoms with Gasteiger partial charge in [-0.1, -0.05) is 18.5 Å². The number of likely N-dealkylation sites (N-methyl/N-ethyl adjacent to an activating group) is 1. The monoisotopic (exact) mass is 329 g/mol. The number of thiophene rings is 1. The molecule has 0 aliphatic carbocycles. The number of hydrogen-bond donors (Lipinski definition) is 1. The van der Waals surface area contributed by atoms with Crippen LogP contribution in [0.25, 0.3) is 0 Å². The molecule has 20 heavy (non-hydrogen) atoms. The van der Waals surface area contributed by atoms with Gasteiger partial charge in [0.05, 0.1) is 21.6 Å². The third-order valence-corrected chi connectivity index (χ3v) is 5.70. The predicted molar refractivity (Wildman–Crippen MR) is 88.7 cm³/mol. The highest BCUT2D eigenvalue weighted by molar-refractivity contribution is 7.16. The molecule has 2 aromatic rings. The lowest BCUT2D eigenvalue weighted by molar-refractivity contribution is 0.206. The summed E-state index contributed by atoms with van der Waals surface area (Å²) in [6.07, 6.45) is 0.937. The number of nitrogens with zero attached hydrogens (tertiary/aromatic N) is 2. The predicted octanol–water partition coefficient (Wildman–Crippen LogP) is 4.08. The van der Waals surface area contributed by atoms with Gasteiger partial charge in [0.25, 0.3) is 0 Å². The molecule has 0 aromatic carbocycles. The number of halogens is 1. The van der Waals surface area contributed by atoms with Crippen molar-refractivity contribution in [3.63, 3.8) is 0 Å². The second-order valence-electron chi connectivity index (χ2n) is 4.93. The summed E-state index contributed by atoms with van der Waals surface area (Å²) in [4.78, 5) is 9.14. The molecule has 0 amide bonds. The Bertz CT molecular complexity index is 552. The van der Waals surface area contributed by atoms with Crippen LogP contribution in [0, 0.1) is 6.92 Å². The number of hydrogen-bond acceptors (Lipinski definition) is 5. The van der Waals surface area contributed by atoms with E-state index in [1.54, 1.807) is 22.7 Å². The number of rotatable bonds is 6. The summed E-state index contributed by atoms with van der Waals surface area (Å²) in [5, 5.41) is 0. The fourth-order valence-electron chi connectivity index (χ4n) is 2.27. The Balaban J connectivity index is 2.20. The third-order valence-electron chi connectivity index (χ3n) is 3.48. The summed E-state index contributed by atoms with van der Waals surface area (Å²) >= 11 is 9.39. The molecule has 0 aliphatic rings. The maximum absolute atomic E-state index is 6.34. The van der Waals surface area contributed by atoms with Gasteiger partial charge in [0.2, 0.25) is 0 Å². The van der Waals surface area contributed by atoms with Crippen molar-refractivity contribution in [3.05, 3.63) is 37.4 Å². The Morgan fingerprint density at radius 3 is 2.70 bits per heavy atom. The summed E-state index contributed by atoms with van der Waals surface area (Å²) in [7, 11) is 2.12. The van der Waals surface area contributed by atoms with E-state index < -0.39 is 0 Å². The molecule has 110 valence electrons. The minimum absolute atomic E-state index is 0.0999. The zero-order chi connectivity index (χ0) is 14.7. The van der Waals surface area contributed by atoms with E-state index in [-0.39, 0.29) is 12.1 Å². The van der Waals surface area contributed by atoms with Crippen LogP contribution in [0.15, 0.2) is 17.6 Å². The molecule has 0 spiro atoms. The van der Waals surface area contributed by atoms with E-state index in [1.165, 1.54) is 9.75 Å². The molecule has 0 saturated heterocycles. The van der Waals surface area contributed by atoms with Gasteiger partial charge in [0.15, 0.2) is 0 Å². The highest BCUT2D eigenvalue weighted by Crippen LogP contribution is 2.33. The lowest BCUT2D eigenvalue weighted by atomic mass is 10.0. The van der Waals surface area contributed by atoms with Crippen molar-refractivity contribution in [3.8, 4) is 0 Å². The summed E-state index contributed by atoms with van der Waals surface area (Å²) in [5.74, 6) is 0. The zero-order valence-electron chi connectivity index (χ0n) is 12.0. The number of aromatic nitrogens is 1. The molecule has 0 aliphatic heterocycles. The molecule has 2 heterocycles. The van der Waals surface area contributed by atoms with E-state index in [4.69, 9.17) is 17.3 Å². The zero-order valence-corrected chi connectivity index (χ0v) is 14.4. The van der Waals surface area contributed by atoms with Crippen LogP contribution in [0.5, 0.6) is 0 Å². The fraction of sp³-hybridized carbons (Fsp3) is 0.500. The lowest BCUT2D eigenvalue weighted by Crippen LogP contribution is -2.38. The Morgan fingerprint density at radius 2 is 2.20 bits per heavy atom. The van der Waals surface area contributed by atoms with Crippen molar-refractivity contribution in [1.29, 1.82) is 0 Å². The summed E-state index contributed by atoms with van der Waals surface area (Å²) in [5.41, 5.74) is 9.34. The number of nitrogens with two attached hydrogens (primary N) is 1. The van der Waals surface area contributed by atoms with Crippen LogP contribution >= 0.6 is 34.3 Å². The first-order valence-corrected chi connectivity index (χ1v) is 8.70. The number of thiazole rings is 1. The highest BCUT2D eigenvalue weighted by Gasteiger charge is 2.25. The molecule has 2 aromatic heterocycles. The summed E-state index contributed by atoms with van der Waals surface area (Å²) in [6.45, 7) is 5.04. The van der Waals surface area contributed by atoms with E-state index >= 15 is 0 Å². The molecule has 6 heteroatoms. The molecule has 2 atom stereocenters. The molecular formula is C14H20ClN3S2. The third kappa shape index (κ3) is 3.59. The minimum atomic E-state index is 0.0999. The first kappa shape index (κ1) is 15.9. The Hall–Kier alpha value is -0.460. The first-order chi connectivity index (χ1) is 9.52. The van der Waals surface area contributed by atoms with Crippen molar-refractivity contribution in [2.75, 3.05) is 7.05 Å². The molecule has 2 rings (SSSR count). The van der Waals surface area contributed by atoms with Crippen LogP contribution in [0.2, 0.25) is 4.34 Å². The quantitative estimate of drug-likeness (QED) is 0.868. The molecule has 0 fully saturated rings. The average Bonchev–Trinajstić information content (AvgIpc) is 2.99. The standard InChI is InChI=1S/C14H20ClN3S2/c1-4-10(16)14(11-5-6-13(15)20-11)18(3)7-12-9(2)17-8-19-12/h5-6,8,10,14H,4,7,16H2,1-3H3. The van der Waals surface area contributed by atoms with E-state index in [0.29, 0.717) is 0 Å². The van der Waals surface area contributed by atoms with Gasteiger partial charge in [-0.15, -0.1) is 22.7 Å². The number of aryl methyl sites for hydroxylation is 1. The van der Waals surface area contributed by atoms with Gasteiger partial charge in [-0.25, -0.2) is 4.98 Å². The Kier molecular flexibility index (Phi) is 5.57. The maximum atomic E-state index is 6.34. The first-order valence-electron chi connectivity index (χ1n) is 6.63. The topological polar surface area (TPSA) is 42.1 Å². The van der Waals surface area contributed by atoms with Crippen LogP contribution in [-0.2, 0) is 6.54 Å². The fourth-order valence-corrected chi connectivity index (χ4v) is 4.41. The van der Waals surface area contributed by atoms with Crippen LogP contribution in [0.1, 0.15) is 34.8 Å². The minimum Gasteiger partial charge on any atom is -0.326 e. The molecule has 0 saturated carbocycles. The van der Waals surface area contributed by atoms with E-state index in [1.807, 2.05) is 11.6 Å². The van der Waals surface area contributed by atoms with Crippen LogP contribution < -0.4 is 5.73 Å². The normalized spacial score (nSPS) is 14.7. The molecular weight excluding hydrogens is 310 g/mol. The highest BCUT2D eigenvalue weighted by atomic mass is 35.5. The Morgan fingerprint density at radius 1 is 1.45 bits per heavy atom. The van der Waals surface area contributed by atoms with E-state index in [2.05, 4.69) is 36.8 Å².